The van der Waals surface area contributed by atoms with Crippen molar-refractivity contribution >= 4 is 20.9 Å². The van der Waals surface area contributed by atoms with E-state index >= 15 is 0 Å². The summed E-state index contributed by atoms with van der Waals surface area (Å²) in [5, 5.41) is -0.0214. The number of aromatic amines is 1. The molecule has 25 heavy (non-hydrogen) atoms. The highest BCUT2D eigenvalue weighted by Crippen LogP contribution is 2.15. The molecule has 1 aromatic heterocycles. The molecule has 0 radical (unpaired) electrons. The second kappa shape index (κ2) is 6.54. The zero-order valence-corrected chi connectivity index (χ0v) is 13.9. The highest BCUT2D eigenvalue weighted by atomic mass is 32.2. The summed E-state index contributed by atoms with van der Waals surface area (Å²) in [4.78, 5) is 25.1. The average Bonchev–Trinajstić information content (AvgIpc) is 2.60. The van der Waals surface area contributed by atoms with E-state index in [1.807, 2.05) is 0 Å². The van der Waals surface area contributed by atoms with E-state index in [-0.39, 0.29) is 22.3 Å². The van der Waals surface area contributed by atoms with Gasteiger partial charge in [-0.05, 0) is 35.9 Å². The van der Waals surface area contributed by atoms with E-state index in [2.05, 4.69) is 14.1 Å². The van der Waals surface area contributed by atoms with Crippen molar-refractivity contribution in [2.45, 2.75) is 11.4 Å². The molecular formula is C16H14N2O6S. The van der Waals surface area contributed by atoms with Crippen LogP contribution in [0.3, 0.4) is 0 Å². The second-order valence-corrected chi connectivity index (χ2v) is 6.95. The van der Waals surface area contributed by atoms with E-state index in [0.29, 0.717) is 5.75 Å². The number of benzene rings is 2. The van der Waals surface area contributed by atoms with Crippen LogP contribution in [-0.4, -0.2) is 20.5 Å². The maximum Gasteiger partial charge on any atom is 0.419 e. The van der Waals surface area contributed by atoms with Gasteiger partial charge in [0.05, 0.1) is 22.9 Å². The maximum absolute atomic E-state index is 12.4. The van der Waals surface area contributed by atoms with Crippen LogP contribution >= 0.6 is 0 Å². The van der Waals surface area contributed by atoms with Gasteiger partial charge in [-0.25, -0.2) is 22.7 Å². The molecule has 1 heterocycles. The number of fused-ring (bicyclic) bond motifs is 1. The van der Waals surface area contributed by atoms with Gasteiger partial charge >= 0.3 is 11.4 Å². The van der Waals surface area contributed by atoms with Crippen LogP contribution in [0, 0.1) is 0 Å². The largest absolute Gasteiger partial charge is 0.497 e. The van der Waals surface area contributed by atoms with Crippen LogP contribution in [0.25, 0.3) is 10.9 Å². The van der Waals surface area contributed by atoms with Gasteiger partial charge in [0.1, 0.15) is 5.75 Å². The normalized spacial score (nSPS) is 11.6. The molecule has 0 aliphatic carbocycles. The Bertz CT molecular complexity index is 1130. The van der Waals surface area contributed by atoms with Crippen LogP contribution in [0.4, 0.5) is 0 Å². The molecule has 3 rings (SSSR count). The summed E-state index contributed by atoms with van der Waals surface area (Å²) in [5.74, 6) is -0.229. The van der Waals surface area contributed by atoms with E-state index < -0.39 is 21.4 Å². The van der Waals surface area contributed by atoms with Gasteiger partial charge in [0.15, 0.2) is 0 Å². The summed E-state index contributed by atoms with van der Waals surface area (Å²) >= 11 is 0. The van der Waals surface area contributed by atoms with E-state index in [1.165, 1.54) is 12.1 Å². The summed E-state index contributed by atoms with van der Waals surface area (Å²) in [6.07, 6.45) is 0. The lowest BCUT2D eigenvalue weighted by molar-refractivity contribution is 0.414. The summed E-state index contributed by atoms with van der Waals surface area (Å²) in [6, 6.07) is 10.7. The lowest BCUT2D eigenvalue weighted by atomic mass is 10.2. The summed E-state index contributed by atoms with van der Waals surface area (Å²) in [5.41, 5.74) is 0.0512. The topological polar surface area (TPSA) is 118 Å². The van der Waals surface area contributed by atoms with Crippen LogP contribution < -0.4 is 20.8 Å². The predicted molar refractivity (Wildman–Crippen MR) is 90.1 cm³/mol. The molecule has 0 unspecified atom stereocenters. The Morgan fingerprint density at radius 3 is 2.52 bits per heavy atom. The molecule has 3 aromatic rings. The number of ether oxygens (including phenoxy) is 1. The van der Waals surface area contributed by atoms with Crippen LogP contribution in [0.5, 0.6) is 5.75 Å². The van der Waals surface area contributed by atoms with Gasteiger partial charge in [0.2, 0.25) is 10.0 Å². The molecule has 0 saturated carbocycles. The van der Waals surface area contributed by atoms with Crippen molar-refractivity contribution in [3.8, 4) is 5.75 Å². The number of rotatable bonds is 5. The zero-order valence-electron chi connectivity index (χ0n) is 13.1. The Kier molecular flexibility index (Phi) is 4.43. The van der Waals surface area contributed by atoms with Crippen LogP contribution in [0.1, 0.15) is 5.56 Å². The van der Waals surface area contributed by atoms with Crippen molar-refractivity contribution < 1.29 is 17.6 Å². The van der Waals surface area contributed by atoms with Gasteiger partial charge in [-0.1, -0.05) is 12.1 Å². The van der Waals surface area contributed by atoms with E-state index in [1.54, 1.807) is 31.4 Å². The molecule has 130 valence electrons. The SMILES string of the molecule is COc1ccc(CNS(=O)(=O)c2ccc3[nH]c(=O)oc(=O)c3c2)cc1. The third-order valence-corrected chi connectivity index (χ3v) is 4.97. The van der Waals surface area contributed by atoms with Crippen molar-refractivity contribution in [3.63, 3.8) is 0 Å². The fraction of sp³-hybridized carbons (Fsp3) is 0.125. The molecule has 0 atom stereocenters. The number of nitrogens with one attached hydrogen (secondary N) is 2. The van der Waals surface area contributed by atoms with Gasteiger partial charge in [-0.3, -0.25) is 4.98 Å². The Morgan fingerprint density at radius 1 is 1.12 bits per heavy atom. The molecule has 0 fully saturated rings. The molecule has 0 spiro atoms. The van der Waals surface area contributed by atoms with Gasteiger partial charge in [-0.15, -0.1) is 0 Å². The minimum atomic E-state index is -3.85. The van der Waals surface area contributed by atoms with Crippen molar-refractivity contribution in [3.05, 3.63) is 69.0 Å². The van der Waals surface area contributed by atoms with Crippen molar-refractivity contribution in [1.29, 1.82) is 0 Å². The molecule has 8 nitrogen and oxygen atoms in total. The third kappa shape index (κ3) is 3.62. The summed E-state index contributed by atoms with van der Waals surface area (Å²) in [7, 11) is -2.30. The molecule has 2 aromatic carbocycles. The quantitative estimate of drug-likeness (QED) is 0.698. The predicted octanol–water partition coefficient (Wildman–Crippen LogP) is 0.968. The number of aromatic nitrogens is 1. The van der Waals surface area contributed by atoms with E-state index in [9.17, 15) is 18.0 Å². The summed E-state index contributed by atoms with van der Waals surface area (Å²) in [6.45, 7) is 0.0740. The summed E-state index contributed by atoms with van der Waals surface area (Å²) < 4.78 is 36.7. The number of sulfonamides is 1. The third-order valence-electron chi connectivity index (χ3n) is 3.57. The number of methoxy groups -OCH3 is 1. The first-order valence-electron chi connectivity index (χ1n) is 7.19. The zero-order chi connectivity index (χ0) is 18.0. The van der Waals surface area contributed by atoms with Crippen molar-refractivity contribution in [1.82, 2.24) is 9.71 Å². The smallest absolute Gasteiger partial charge is 0.419 e. The minimum absolute atomic E-state index is 0.0214. The average molecular weight is 362 g/mol. The van der Waals surface area contributed by atoms with Crippen molar-refractivity contribution in [2.75, 3.05) is 7.11 Å². The number of hydrogen-bond donors (Lipinski definition) is 2. The minimum Gasteiger partial charge on any atom is -0.497 e. The monoisotopic (exact) mass is 362 g/mol. The molecule has 0 aliphatic rings. The molecule has 0 amide bonds. The standard InChI is InChI=1S/C16H14N2O6S/c1-23-11-4-2-10(3-5-11)9-17-25(21,22)12-6-7-14-13(8-12)15(19)24-16(20)18-14/h2-8,17H,9H2,1H3,(H,18,20). The van der Waals surface area contributed by atoms with Gasteiger partial charge in [0, 0.05) is 6.54 Å². The van der Waals surface area contributed by atoms with Gasteiger partial charge < -0.3 is 9.15 Å². The highest BCUT2D eigenvalue weighted by molar-refractivity contribution is 7.89. The first-order valence-corrected chi connectivity index (χ1v) is 8.67. The molecule has 0 aliphatic heterocycles. The fourth-order valence-electron chi connectivity index (χ4n) is 2.25. The highest BCUT2D eigenvalue weighted by Gasteiger charge is 2.16. The number of H-pyrrole nitrogens is 1. The Hall–Kier alpha value is -2.91. The molecule has 2 N–H and O–H groups in total. The van der Waals surface area contributed by atoms with Crippen molar-refractivity contribution in [2.24, 2.45) is 0 Å². The fourth-order valence-corrected chi connectivity index (χ4v) is 3.29. The Morgan fingerprint density at radius 2 is 1.84 bits per heavy atom. The lowest BCUT2D eigenvalue weighted by Gasteiger charge is -2.08. The van der Waals surface area contributed by atoms with Crippen LogP contribution in [0.15, 0.2) is 61.4 Å². The number of hydrogen-bond acceptors (Lipinski definition) is 6. The Labute approximate surface area is 142 Å². The molecular weight excluding hydrogens is 348 g/mol. The van der Waals surface area contributed by atoms with Crippen LogP contribution in [0.2, 0.25) is 0 Å². The lowest BCUT2D eigenvalue weighted by Crippen LogP contribution is -2.23. The van der Waals surface area contributed by atoms with Gasteiger partial charge in [0.25, 0.3) is 0 Å². The molecule has 0 saturated heterocycles. The van der Waals surface area contributed by atoms with E-state index in [4.69, 9.17) is 4.74 Å². The second-order valence-electron chi connectivity index (χ2n) is 5.18. The van der Waals surface area contributed by atoms with Gasteiger partial charge in [-0.2, -0.15) is 0 Å². The Balaban J connectivity index is 1.87. The first-order chi connectivity index (χ1) is 11.9. The first kappa shape index (κ1) is 16.9. The molecule has 9 heteroatoms. The maximum atomic E-state index is 12.4. The van der Waals surface area contributed by atoms with E-state index in [0.717, 1.165) is 11.6 Å². The molecule has 0 bridgehead atoms. The van der Waals surface area contributed by atoms with Crippen LogP contribution in [-0.2, 0) is 16.6 Å².